The van der Waals surface area contributed by atoms with E-state index < -0.39 is 12.6 Å². The molecule has 0 aliphatic rings. The topological polar surface area (TPSA) is 103 Å². The predicted molar refractivity (Wildman–Crippen MR) is 101 cm³/mol. The van der Waals surface area contributed by atoms with E-state index in [1.807, 2.05) is 13.8 Å². The summed E-state index contributed by atoms with van der Waals surface area (Å²) < 4.78 is 36.0. The third-order valence-electron chi connectivity index (χ3n) is 4.15. The van der Waals surface area contributed by atoms with Gasteiger partial charge in [-0.15, -0.1) is 0 Å². The van der Waals surface area contributed by atoms with Crippen LogP contribution in [0.1, 0.15) is 29.8 Å². The largest absolute Gasteiger partial charge is 0.417 e. The molecular weight excluding hydrogens is 386 g/mol. The summed E-state index contributed by atoms with van der Waals surface area (Å²) in [5.74, 6) is -0.202. The van der Waals surface area contributed by atoms with Crippen LogP contribution in [0.3, 0.4) is 0 Å². The Hall–Kier alpha value is -3.34. The van der Waals surface area contributed by atoms with Crippen LogP contribution in [0.4, 0.5) is 25.0 Å². The van der Waals surface area contributed by atoms with Gasteiger partial charge in [0.15, 0.2) is 5.65 Å². The summed E-state index contributed by atoms with van der Waals surface area (Å²) in [5, 5.41) is 9.56. The number of hydrogen-bond acceptors (Lipinski definition) is 6. The van der Waals surface area contributed by atoms with Gasteiger partial charge in [-0.2, -0.15) is 13.9 Å². The summed E-state index contributed by atoms with van der Waals surface area (Å²) in [6.07, 6.45) is 4.14. The van der Waals surface area contributed by atoms with Gasteiger partial charge in [0.1, 0.15) is 0 Å². The van der Waals surface area contributed by atoms with Crippen molar-refractivity contribution in [2.75, 3.05) is 17.7 Å². The number of urea groups is 1. The molecule has 0 bridgehead atoms. The van der Waals surface area contributed by atoms with Crippen LogP contribution >= 0.6 is 0 Å². The van der Waals surface area contributed by atoms with E-state index in [4.69, 9.17) is 4.74 Å². The fourth-order valence-corrected chi connectivity index (χ4v) is 2.81. The number of carbonyl (C=O) groups is 1. The summed E-state index contributed by atoms with van der Waals surface area (Å²) >= 11 is 0. The lowest BCUT2D eigenvalue weighted by Crippen LogP contribution is -2.22. The Bertz CT molecular complexity index is 1040. The Morgan fingerprint density at radius 2 is 2.00 bits per heavy atom. The van der Waals surface area contributed by atoms with Crippen molar-refractivity contribution in [3.05, 3.63) is 41.5 Å². The molecule has 29 heavy (non-hydrogen) atoms. The number of nitrogens with one attached hydrogen (secondary N) is 2. The number of fused-ring (bicyclic) bond motifs is 1. The van der Waals surface area contributed by atoms with Gasteiger partial charge in [-0.25, -0.2) is 19.3 Å². The quantitative estimate of drug-likeness (QED) is 0.647. The van der Waals surface area contributed by atoms with Crippen LogP contribution in [0.5, 0.6) is 5.88 Å². The molecule has 3 aromatic heterocycles. The van der Waals surface area contributed by atoms with Crippen molar-refractivity contribution < 1.29 is 23.0 Å². The highest BCUT2D eigenvalue weighted by molar-refractivity contribution is 6.00. The molecule has 0 aromatic carbocycles. The van der Waals surface area contributed by atoms with Gasteiger partial charge in [0.05, 0.1) is 47.3 Å². The minimum absolute atomic E-state index is 0.202. The van der Waals surface area contributed by atoms with E-state index in [1.165, 1.54) is 18.5 Å². The minimum Gasteiger partial charge on any atom is -0.417 e. The van der Waals surface area contributed by atoms with Crippen LogP contribution in [0.2, 0.25) is 0 Å². The summed E-state index contributed by atoms with van der Waals surface area (Å²) in [6, 6.07) is 0.912. The zero-order chi connectivity index (χ0) is 21.1. The SMILES string of the molecule is COC(C)c1c(NC(=O)Nc2cnc(OC(F)F)c(C)c2)cnn2cc(C)nc12. The van der Waals surface area contributed by atoms with Gasteiger partial charge in [0.2, 0.25) is 5.88 Å². The number of alkyl halides is 2. The lowest BCUT2D eigenvalue weighted by atomic mass is 10.1. The van der Waals surface area contributed by atoms with E-state index in [-0.39, 0.29) is 12.0 Å². The molecule has 1 atom stereocenters. The highest BCUT2D eigenvalue weighted by Gasteiger charge is 2.19. The second-order valence-corrected chi connectivity index (χ2v) is 6.30. The standard InChI is InChI=1S/C18H20F2N6O3/c1-9-5-12(6-21-16(9)29-17(19)20)24-18(27)25-13-7-22-26-8-10(2)23-15(26)14(13)11(3)28-4/h5-8,11,17H,1-4H3,(H2,24,25,27). The smallest absolute Gasteiger partial charge is 0.388 e. The molecule has 0 aliphatic heterocycles. The molecule has 1 unspecified atom stereocenters. The van der Waals surface area contributed by atoms with E-state index >= 15 is 0 Å². The molecule has 3 rings (SSSR count). The van der Waals surface area contributed by atoms with Crippen molar-refractivity contribution >= 4 is 23.1 Å². The van der Waals surface area contributed by atoms with Gasteiger partial charge >= 0.3 is 12.6 Å². The number of aryl methyl sites for hydroxylation is 2. The lowest BCUT2D eigenvalue weighted by Gasteiger charge is -2.17. The van der Waals surface area contributed by atoms with Gasteiger partial charge < -0.3 is 20.1 Å². The maximum atomic E-state index is 12.5. The average Bonchev–Trinajstić information content (AvgIpc) is 3.03. The number of halogens is 2. The molecule has 0 spiro atoms. The molecule has 3 heterocycles. The molecule has 0 saturated heterocycles. The second kappa shape index (κ2) is 8.35. The van der Waals surface area contributed by atoms with E-state index in [1.54, 1.807) is 24.7 Å². The van der Waals surface area contributed by atoms with Crippen LogP contribution in [-0.2, 0) is 4.74 Å². The lowest BCUT2D eigenvalue weighted by molar-refractivity contribution is -0.0533. The van der Waals surface area contributed by atoms with Crippen LogP contribution in [0, 0.1) is 13.8 Å². The molecule has 9 nitrogen and oxygen atoms in total. The first-order valence-corrected chi connectivity index (χ1v) is 8.65. The third-order valence-corrected chi connectivity index (χ3v) is 4.15. The van der Waals surface area contributed by atoms with E-state index in [0.29, 0.717) is 28.1 Å². The van der Waals surface area contributed by atoms with Gasteiger partial charge in [-0.05, 0) is 26.8 Å². The van der Waals surface area contributed by atoms with Crippen molar-refractivity contribution in [1.29, 1.82) is 0 Å². The molecule has 3 aromatic rings. The van der Waals surface area contributed by atoms with Gasteiger partial charge in [-0.3, -0.25) is 0 Å². The summed E-state index contributed by atoms with van der Waals surface area (Å²) in [5.41, 5.74) is 3.11. The number of imidazole rings is 1. The molecule has 2 amide bonds. The molecule has 11 heteroatoms. The molecule has 0 fully saturated rings. The Morgan fingerprint density at radius 1 is 1.24 bits per heavy atom. The summed E-state index contributed by atoms with van der Waals surface area (Å²) in [6.45, 7) is 2.24. The normalized spacial score (nSPS) is 12.2. The van der Waals surface area contributed by atoms with Gasteiger partial charge in [0.25, 0.3) is 0 Å². The fourth-order valence-electron chi connectivity index (χ4n) is 2.81. The molecular formula is C18H20F2N6O3. The third kappa shape index (κ3) is 4.57. The van der Waals surface area contributed by atoms with Crippen LogP contribution in [0.15, 0.2) is 24.7 Å². The van der Waals surface area contributed by atoms with Crippen molar-refractivity contribution in [2.45, 2.75) is 33.5 Å². The van der Waals surface area contributed by atoms with Crippen LogP contribution in [0.25, 0.3) is 5.65 Å². The predicted octanol–water partition coefficient (Wildman–Crippen LogP) is 3.69. The number of pyridine rings is 1. The Morgan fingerprint density at radius 3 is 2.66 bits per heavy atom. The van der Waals surface area contributed by atoms with Crippen molar-refractivity contribution in [2.24, 2.45) is 0 Å². The Balaban J connectivity index is 1.82. The first-order valence-electron chi connectivity index (χ1n) is 8.65. The number of amides is 2. The second-order valence-electron chi connectivity index (χ2n) is 6.30. The van der Waals surface area contributed by atoms with Crippen LogP contribution < -0.4 is 15.4 Å². The average molecular weight is 406 g/mol. The first kappa shape index (κ1) is 20.4. The molecule has 154 valence electrons. The van der Waals surface area contributed by atoms with E-state index in [9.17, 15) is 13.6 Å². The number of methoxy groups -OCH3 is 1. The molecule has 0 aliphatic carbocycles. The maximum Gasteiger partial charge on any atom is 0.388 e. The molecule has 0 radical (unpaired) electrons. The summed E-state index contributed by atoms with van der Waals surface area (Å²) in [4.78, 5) is 20.7. The maximum absolute atomic E-state index is 12.5. The number of anilines is 2. The van der Waals surface area contributed by atoms with E-state index in [2.05, 4.69) is 30.4 Å². The van der Waals surface area contributed by atoms with Crippen molar-refractivity contribution in [3.63, 3.8) is 0 Å². The Kier molecular flexibility index (Phi) is 5.87. The number of hydrogen-bond donors (Lipinski definition) is 2. The van der Waals surface area contributed by atoms with Gasteiger partial charge in [0, 0.05) is 12.7 Å². The molecule has 0 saturated carbocycles. The zero-order valence-corrected chi connectivity index (χ0v) is 16.2. The zero-order valence-electron chi connectivity index (χ0n) is 16.2. The minimum atomic E-state index is -2.97. The number of ether oxygens (including phenoxy) is 2. The highest BCUT2D eigenvalue weighted by Crippen LogP contribution is 2.28. The van der Waals surface area contributed by atoms with Crippen molar-refractivity contribution in [3.8, 4) is 5.88 Å². The highest BCUT2D eigenvalue weighted by atomic mass is 19.3. The fraction of sp³-hybridized carbons (Fsp3) is 0.333. The van der Waals surface area contributed by atoms with Crippen molar-refractivity contribution in [1.82, 2.24) is 19.6 Å². The van der Waals surface area contributed by atoms with E-state index in [0.717, 1.165) is 5.69 Å². The first-order chi connectivity index (χ1) is 13.8. The summed E-state index contributed by atoms with van der Waals surface area (Å²) in [7, 11) is 1.55. The molecule has 2 N–H and O–H groups in total. The van der Waals surface area contributed by atoms with Crippen LogP contribution in [-0.4, -0.2) is 39.3 Å². The van der Waals surface area contributed by atoms with Gasteiger partial charge in [-0.1, -0.05) is 0 Å². The number of nitrogens with zero attached hydrogens (tertiary/aromatic N) is 4. The number of aromatic nitrogens is 4. The number of carbonyl (C=O) groups excluding carboxylic acids is 1. The Labute approximate surface area is 165 Å². The number of rotatable bonds is 6. The monoisotopic (exact) mass is 406 g/mol.